The van der Waals surface area contributed by atoms with Crippen LogP contribution in [0.4, 0.5) is 0 Å². The SMILES string of the molecule is COC1CC(C(=O)O)N(C(=O)c2cc(C)c(OCc3cccnc3)c(C)c2)C1. The molecule has 0 aliphatic carbocycles. The summed E-state index contributed by atoms with van der Waals surface area (Å²) in [5.74, 6) is -0.610. The number of hydrogen-bond donors (Lipinski definition) is 1. The molecule has 1 saturated heterocycles. The second kappa shape index (κ2) is 8.39. The maximum atomic E-state index is 13.0. The van der Waals surface area contributed by atoms with Crippen molar-refractivity contribution in [2.75, 3.05) is 13.7 Å². The monoisotopic (exact) mass is 384 g/mol. The van der Waals surface area contributed by atoms with Crippen molar-refractivity contribution in [2.24, 2.45) is 0 Å². The van der Waals surface area contributed by atoms with Gasteiger partial charge in [0.1, 0.15) is 18.4 Å². The Labute approximate surface area is 163 Å². The van der Waals surface area contributed by atoms with Crippen molar-refractivity contribution in [3.63, 3.8) is 0 Å². The molecule has 28 heavy (non-hydrogen) atoms. The van der Waals surface area contributed by atoms with E-state index in [-0.39, 0.29) is 18.6 Å². The summed E-state index contributed by atoms with van der Waals surface area (Å²) in [6.45, 7) is 4.40. The van der Waals surface area contributed by atoms with E-state index in [0.717, 1.165) is 16.7 Å². The minimum absolute atomic E-state index is 0.268. The van der Waals surface area contributed by atoms with Gasteiger partial charge < -0.3 is 19.5 Å². The minimum Gasteiger partial charge on any atom is -0.488 e. The standard InChI is InChI=1S/C21H24N2O5/c1-13-7-16(20(24)23-11-17(27-3)9-18(23)21(25)26)8-14(2)19(13)28-12-15-5-4-6-22-10-15/h4-8,10,17-18H,9,11-12H2,1-3H3,(H,25,26). The number of ether oxygens (including phenoxy) is 2. The fourth-order valence-corrected chi connectivity index (χ4v) is 3.53. The van der Waals surface area contributed by atoms with Crippen molar-refractivity contribution >= 4 is 11.9 Å². The molecule has 1 aliphatic heterocycles. The van der Waals surface area contributed by atoms with E-state index in [0.29, 0.717) is 24.3 Å². The number of nitrogens with zero attached hydrogens (tertiary/aromatic N) is 2. The van der Waals surface area contributed by atoms with Gasteiger partial charge in [0, 0.05) is 43.6 Å². The second-order valence-corrected chi connectivity index (χ2v) is 6.99. The van der Waals surface area contributed by atoms with E-state index in [4.69, 9.17) is 9.47 Å². The van der Waals surface area contributed by atoms with Crippen LogP contribution >= 0.6 is 0 Å². The first-order chi connectivity index (χ1) is 13.4. The van der Waals surface area contributed by atoms with Crippen molar-refractivity contribution in [1.29, 1.82) is 0 Å². The molecule has 7 nitrogen and oxygen atoms in total. The number of aliphatic carboxylic acids is 1. The molecule has 148 valence electrons. The molecule has 0 spiro atoms. The first-order valence-electron chi connectivity index (χ1n) is 9.10. The fraction of sp³-hybridized carbons (Fsp3) is 0.381. The molecule has 1 aromatic carbocycles. The van der Waals surface area contributed by atoms with E-state index in [9.17, 15) is 14.7 Å². The molecule has 1 amide bonds. The first-order valence-corrected chi connectivity index (χ1v) is 9.10. The van der Waals surface area contributed by atoms with Crippen LogP contribution in [0.15, 0.2) is 36.7 Å². The van der Waals surface area contributed by atoms with Crippen LogP contribution in [0.25, 0.3) is 0 Å². The Kier molecular flexibility index (Phi) is 5.94. The van der Waals surface area contributed by atoms with E-state index >= 15 is 0 Å². The molecule has 0 radical (unpaired) electrons. The normalized spacial score (nSPS) is 18.9. The molecule has 2 heterocycles. The van der Waals surface area contributed by atoms with Gasteiger partial charge in [0.2, 0.25) is 0 Å². The summed E-state index contributed by atoms with van der Waals surface area (Å²) in [5.41, 5.74) is 3.04. The number of pyridine rings is 1. The van der Waals surface area contributed by atoms with Gasteiger partial charge in [-0.2, -0.15) is 0 Å². The Balaban J connectivity index is 1.79. The summed E-state index contributed by atoms with van der Waals surface area (Å²) in [5, 5.41) is 9.45. The van der Waals surface area contributed by atoms with Crippen LogP contribution in [0.3, 0.4) is 0 Å². The molecule has 1 aliphatic rings. The number of likely N-dealkylation sites (tertiary alicyclic amines) is 1. The average Bonchev–Trinajstić information content (AvgIpc) is 3.12. The predicted octanol–water partition coefficient (Wildman–Crippen LogP) is 2.59. The highest BCUT2D eigenvalue weighted by Crippen LogP contribution is 2.28. The van der Waals surface area contributed by atoms with Gasteiger partial charge in [-0.15, -0.1) is 0 Å². The zero-order chi connectivity index (χ0) is 20.3. The zero-order valence-corrected chi connectivity index (χ0v) is 16.2. The Morgan fingerprint density at radius 2 is 2.00 bits per heavy atom. The number of rotatable bonds is 6. The van der Waals surface area contributed by atoms with Gasteiger partial charge in [-0.05, 0) is 43.2 Å². The maximum absolute atomic E-state index is 13.0. The quantitative estimate of drug-likeness (QED) is 0.824. The number of aryl methyl sites for hydroxylation is 2. The van der Waals surface area contributed by atoms with Gasteiger partial charge in [-0.1, -0.05) is 6.07 Å². The molecule has 0 saturated carbocycles. The third-order valence-electron chi connectivity index (χ3n) is 4.96. The third kappa shape index (κ3) is 4.14. The Morgan fingerprint density at radius 1 is 1.29 bits per heavy atom. The smallest absolute Gasteiger partial charge is 0.326 e. The molecule has 3 rings (SSSR count). The lowest BCUT2D eigenvalue weighted by atomic mass is 10.0. The van der Waals surface area contributed by atoms with Crippen molar-refractivity contribution in [1.82, 2.24) is 9.88 Å². The maximum Gasteiger partial charge on any atom is 0.326 e. The molecule has 1 N–H and O–H groups in total. The Bertz CT molecular complexity index is 845. The number of carboxylic acids is 1. The Hall–Kier alpha value is -2.93. The van der Waals surface area contributed by atoms with E-state index in [1.54, 1.807) is 24.5 Å². The van der Waals surface area contributed by atoms with Crippen LogP contribution in [-0.2, 0) is 16.1 Å². The van der Waals surface area contributed by atoms with Gasteiger partial charge in [0.25, 0.3) is 5.91 Å². The molecule has 2 aromatic rings. The summed E-state index contributed by atoms with van der Waals surface area (Å²) in [6.07, 6.45) is 3.47. The fourth-order valence-electron chi connectivity index (χ4n) is 3.53. The lowest BCUT2D eigenvalue weighted by molar-refractivity contribution is -0.141. The number of amides is 1. The summed E-state index contributed by atoms with van der Waals surface area (Å²) in [7, 11) is 1.53. The summed E-state index contributed by atoms with van der Waals surface area (Å²) in [4.78, 5) is 30.0. The number of aromatic nitrogens is 1. The highest BCUT2D eigenvalue weighted by atomic mass is 16.5. The summed E-state index contributed by atoms with van der Waals surface area (Å²) in [6, 6.07) is 6.39. The van der Waals surface area contributed by atoms with Crippen molar-refractivity contribution in [3.8, 4) is 5.75 Å². The second-order valence-electron chi connectivity index (χ2n) is 6.99. The van der Waals surface area contributed by atoms with Gasteiger partial charge in [0.15, 0.2) is 0 Å². The lowest BCUT2D eigenvalue weighted by Crippen LogP contribution is -2.40. The summed E-state index contributed by atoms with van der Waals surface area (Å²) < 4.78 is 11.2. The molecular formula is C21H24N2O5. The van der Waals surface area contributed by atoms with Gasteiger partial charge >= 0.3 is 5.97 Å². The van der Waals surface area contributed by atoms with Crippen molar-refractivity contribution in [3.05, 3.63) is 58.9 Å². The van der Waals surface area contributed by atoms with Crippen molar-refractivity contribution < 1.29 is 24.2 Å². The highest BCUT2D eigenvalue weighted by Gasteiger charge is 2.40. The summed E-state index contributed by atoms with van der Waals surface area (Å²) >= 11 is 0. The number of hydrogen-bond acceptors (Lipinski definition) is 5. The van der Waals surface area contributed by atoms with Gasteiger partial charge in [-0.3, -0.25) is 9.78 Å². The number of carbonyl (C=O) groups is 2. The van der Waals surface area contributed by atoms with Gasteiger partial charge in [-0.25, -0.2) is 4.79 Å². The van der Waals surface area contributed by atoms with E-state index in [2.05, 4.69) is 4.98 Å². The Morgan fingerprint density at radius 3 is 2.57 bits per heavy atom. The van der Waals surface area contributed by atoms with E-state index in [1.165, 1.54) is 12.0 Å². The van der Waals surface area contributed by atoms with Crippen LogP contribution in [0.1, 0.15) is 33.5 Å². The molecule has 7 heteroatoms. The largest absolute Gasteiger partial charge is 0.488 e. The number of methoxy groups -OCH3 is 1. The molecule has 1 aromatic heterocycles. The molecule has 0 bridgehead atoms. The number of carboxylic acid groups (broad SMARTS) is 1. The minimum atomic E-state index is -1.02. The van der Waals surface area contributed by atoms with E-state index < -0.39 is 12.0 Å². The van der Waals surface area contributed by atoms with Crippen LogP contribution in [0.2, 0.25) is 0 Å². The predicted molar refractivity (Wildman–Crippen MR) is 102 cm³/mol. The van der Waals surface area contributed by atoms with Crippen LogP contribution in [0, 0.1) is 13.8 Å². The molecule has 1 fully saturated rings. The molecule has 2 atom stereocenters. The highest BCUT2D eigenvalue weighted by molar-refractivity contribution is 5.97. The molecule has 2 unspecified atom stereocenters. The number of benzene rings is 1. The zero-order valence-electron chi connectivity index (χ0n) is 16.2. The van der Waals surface area contributed by atoms with E-state index in [1.807, 2.05) is 26.0 Å². The topological polar surface area (TPSA) is 89.0 Å². The van der Waals surface area contributed by atoms with Crippen LogP contribution in [-0.4, -0.2) is 52.7 Å². The van der Waals surface area contributed by atoms with Crippen LogP contribution in [0.5, 0.6) is 5.75 Å². The number of carbonyl (C=O) groups excluding carboxylic acids is 1. The van der Waals surface area contributed by atoms with Crippen LogP contribution < -0.4 is 4.74 Å². The molecular weight excluding hydrogens is 360 g/mol. The van der Waals surface area contributed by atoms with Gasteiger partial charge in [0.05, 0.1) is 6.10 Å². The lowest BCUT2D eigenvalue weighted by Gasteiger charge is -2.22. The first kappa shape index (κ1) is 19.8. The average molecular weight is 384 g/mol. The third-order valence-corrected chi connectivity index (χ3v) is 4.96. The van der Waals surface area contributed by atoms with Crippen molar-refractivity contribution in [2.45, 2.75) is 39.0 Å².